The molecular formula is C11H13N5OS. The van der Waals surface area contributed by atoms with Crippen LogP contribution in [0.25, 0.3) is 0 Å². The second-order valence-corrected chi connectivity index (χ2v) is 4.90. The highest BCUT2D eigenvalue weighted by atomic mass is 32.1. The number of amides is 1. The number of aryl methyl sites for hydroxylation is 1. The molecule has 0 spiro atoms. The number of thiazole rings is 1. The lowest BCUT2D eigenvalue weighted by atomic mass is 10.4. The van der Waals surface area contributed by atoms with Crippen LogP contribution in [0.4, 0.5) is 5.82 Å². The minimum atomic E-state index is -0.252. The van der Waals surface area contributed by atoms with Crippen LogP contribution in [-0.2, 0) is 6.54 Å². The maximum atomic E-state index is 11.8. The molecule has 6 nitrogen and oxygen atoms in total. The van der Waals surface area contributed by atoms with Gasteiger partial charge in [-0.25, -0.2) is 15.0 Å². The lowest BCUT2D eigenvalue weighted by Crippen LogP contribution is -2.23. The monoisotopic (exact) mass is 263 g/mol. The van der Waals surface area contributed by atoms with E-state index in [1.54, 1.807) is 24.6 Å². The van der Waals surface area contributed by atoms with Gasteiger partial charge >= 0.3 is 0 Å². The Balaban J connectivity index is 1.94. The fourth-order valence-corrected chi connectivity index (χ4v) is 2.03. The van der Waals surface area contributed by atoms with E-state index in [-0.39, 0.29) is 5.91 Å². The van der Waals surface area contributed by atoms with Crippen LogP contribution in [0.15, 0.2) is 18.6 Å². The molecule has 0 saturated heterocycles. The van der Waals surface area contributed by atoms with Crippen molar-refractivity contribution >= 4 is 23.1 Å². The molecule has 2 rings (SSSR count). The number of anilines is 1. The zero-order valence-corrected chi connectivity index (χ0v) is 10.9. The average molecular weight is 263 g/mol. The predicted molar refractivity (Wildman–Crippen MR) is 69.6 cm³/mol. The predicted octanol–water partition coefficient (Wildman–Crippen LogP) is 1.21. The molecule has 2 N–H and O–H groups in total. The summed E-state index contributed by atoms with van der Waals surface area (Å²) in [5.74, 6) is 0.375. The first-order chi connectivity index (χ1) is 8.69. The zero-order chi connectivity index (χ0) is 13.0. The molecule has 7 heteroatoms. The van der Waals surface area contributed by atoms with Crippen molar-refractivity contribution < 1.29 is 4.79 Å². The maximum Gasteiger partial charge on any atom is 0.271 e. The van der Waals surface area contributed by atoms with Crippen LogP contribution in [0.5, 0.6) is 0 Å². The molecule has 2 heterocycles. The van der Waals surface area contributed by atoms with Crippen molar-refractivity contribution in [3.05, 3.63) is 34.2 Å². The second-order valence-electron chi connectivity index (χ2n) is 3.58. The Hall–Kier alpha value is -2.02. The molecule has 1 amide bonds. The summed E-state index contributed by atoms with van der Waals surface area (Å²) in [5, 5.41) is 6.47. The number of aromatic nitrogens is 3. The van der Waals surface area contributed by atoms with E-state index in [2.05, 4.69) is 25.6 Å². The largest absolute Gasteiger partial charge is 0.372 e. The van der Waals surface area contributed by atoms with Gasteiger partial charge in [-0.2, -0.15) is 0 Å². The Morgan fingerprint density at radius 1 is 1.28 bits per heavy atom. The van der Waals surface area contributed by atoms with E-state index < -0.39 is 0 Å². The fraction of sp³-hybridized carbons (Fsp3) is 0.273. The molecule has 2 aromatic rings. The first kappa shape index (κ1) is 12.4. The van der Waals surface area contributed by atoms with Crippen LogP contribution in [-0.4, -0.2) is 27.9 Å². The number of nitrogens with one attached hydrogen (secondary N) is 2. The van der Waals surface area contributed by atoms with Gasteiger partial charge in [0.2, 0.25) is 0 Å². The molecule has 0 aliphatic rings. The van der Waals surface area contributed by atoms with Crippen molar-refractivity contribution in [3.8, 4) is 0 Å². The summed E-state index contributed by atoms with van der Waals surface area (Å²) < 4.78 is 0. The molecule has 0 aliphatic heterocycles. The molecule has 0 fully saturated rings. The Kier molecular flexibility index (Phi) is 3.83. The van der Waals surface area contributed by atoms with E-state index in [0.717, 1.165) is 9.88 Å². The first-order valence-corrected chi connectivity index (χ1v) is 6.20. The smallest absolute Gasteiger partial charge is 0.271 e. The van der Waals surface area contributed by atoms with Gasteiger partial charge in [-0.15, -0.1) is 11.3 Å². The molecule has 94 valence electrons. The van der Waals surface area contributed by atoms with Crippen LogP contribution >= 0.6 is 11.3 Å². The highest BCUT2D eigenvalue weighted by molar-refractivity contribution is 7.11. The molecule has 0 atom stereocenters. The maximum absolute atomic E-state index is 11.8. The SMILES string of the molecule is CNc1cnc(C(=O)NCc2ncc(C)s2)cn1. The molecule has 0 radical (unpaired) electrons. The quantitative estimate of drug-likeness (QED) is 0.866. The Morgan fingerprint density at radius 2 is 2.11 bits per heavy atom. The zero-order valence-electron chi connectivity index (χ0n) is 10.1. The summed E-state index contributed by atoms with van der Waals surface area (Å²) in [4.78, 5) is 25.1. The third kappa shape index (κ3) is 3.01. The van der Waals surface area contributed by atoms with Gasteiger partial charge in [-0.3, -0.25) is 4.79 Å². The van der Waals surface area contributed by atoms with Crippen molar-refractivity contribution in [2.75, 3.05) is 12.4 Å². The first-order valence-electron chi connectivity index (χ1n) is 5.38. The second kappa shape index (κ2) is 5.54. The fourth-order valence-electron chi connectivity index (χ4n) is 1.30. The van der Waals surface area contributed by atoms with Crippen molar-refractivity contribution in [2.24, 2.45) is 0 Å². The summed E-state index contributed by atoms with van der Waals surface area (Å²) in [6, 6.07) is 0. The standard InChI is InChI=1S/C11H13N5OS/c1-7-3-15-10(18-7)6-16-11(17)8-4-14-9(12-2)5-13-8/h3-5H,6H2,1-2H3,(H,12,14)(H,16,17). The van der Waals surface area contributed by atoms with E-state index in [9.17, 15) is 4.79 Å². The molecule has 0 aromatic carbocycles. The lowest BCUT2D eigenvalue weighted by molar-refractivity contribution is 0.0945. The normalized spacial score (nSPS) is 10.1. The van der Waals surface area contributed by atoms with E-state index in [0.29, 0.717) is 18.1 Å². The number of rotatable bonds is 4. The molecule has 0 bridgehead atoms. The Labute approximate surface area is 109 Å². The van der Waals surface area contributed by atoms with E-state index >= 15 is 0 Å². The third-order valence-electron chi connectivity index (χ3n) is 2.21. The van der Waals surface area contributed by atoms with Crippen LogP contribution in [0.1, 0.15) is 20.4 Å². The van der Waals surface area contributed by atoms with Gasteiger partial charge in [0.15, 0.2) is 0 Å². The van der Waals surface area contributed by atoms with Crippen LogP contribution in [0, 0.1) is 6.92 Å². The summed E-state index contributed by atoms with van der Waals surface area (Å²) in [6.07, 6.45) is 4.74. The third-order valence-corrected chi connectivity index (χ3v) is 3.12. The Morgan fingerprint density at radius 3 is 2.67 bits per heavy atom. The lowest BCUT2D eigenvalue weighted by Gasteiger charge is -2.03. The number of nitrogens with zero attached hydrogens (tertiary/aromatic N) is 3. The number of carbonyl (C=O) groups is 1. The van der Waals surface area contributed by atoms with Gasteiger partial charge in [-0.1, -0.05) is 0 Å². The van der Waals surface area contributed by atoms with Crippen molar-refractivity contribution in [1.82, 2.24) is 20.3 Å². The summed E-state index contributed by atoms with van der Waals surface area (Å²) in [7, 11) is 1.74. The number of hydrogen-bond donors (Lipinski definition) is 2. The van der Waals surface area contributed by atoms with Crippen LogP contribution < -0.4 is 10.6 Å². The molecule has 0 unspecified atom stereocenters. The van der Waals surface area contributed by atoms with E-state index in [4.69, 9.17) is 0 Å². The van der Waals surface area contributed by atoms with Gasteiger partial charge in [0.05, 0.1) is 18.9 Å². The highest BCUT2D eigenvalue weighted by Gasteiger charge is 2.08. The van der Waals surface area contributed by atoms with E-state index in [1.165, 1.54) is 12.4 Å². The minimum absolute atomic E-state index is 0.252. The molecule has 0 aliphatic carbocycles. The van der Waals surface area contributed by atoms with Crippen molar-refractivity contribution in [3.63, 3.8) is 0 Å². The minimum Gasteiger partial charge on any atom is -0.372 e. The summed E-state index contributed by atoms with van der Waals surface area (Å²) in [5.41, 5.74) is 0.294. The van der Waals surface area contributed by atoms with Gasteiger partial charge in [0, 0.05) is 18.1 Å². The summed E-state index contributed by atoms with van der Waals surface area (Å²) in [6.45, 7) is 2.39. The van der Waals surface area contributed by atoms with Gasteiger partial charge < -0.3 is 10.6 Å². The van der Waals surface area contributed by atoms with E-state index in [1.807, 2.05) is 6.92 Å². The average Bonchev–Trinajstić information content (AvgIpc) is 2.82. The van der Waals surface area contributed by atoms with Gasteiger partial charge in [-0.05, 0) is 6.92 Å². The molecule has 2 aromatic heterocycles. The number of hydrogen-bond acceptors (Lipinski definition) is 6. The van der Waals surface area contributed by atoms with Crippen molar-refractivity contribution in [1.29, 1.82) is 0 Å². The van der Waals surface area contributed by atoms with Crippen LogP contribution in [0.3, 0.4) is 0 Å². The Bertz CT molecular complexity index is 537. The molecular weight excluding hydrogens is 250 g/mol. The van der Waals surface area contributed by atoms with Gasteiger partial charge in [0.25, 0.3) is 5.91 Å². The number of carbonyl (C=O) groups excluding carboxylic acids is 1. The topological polar surface area (TPSA) is 79.8 Å². The highest BCUT2D eigenvalue weighted by Crippen LogP contribution is 2.10. The van der Waals surface area contributed by atoms with Crippen molar-refractivity contribution in [2.45, 2.75) is 13.5 Å². The summed E-state index contributed by atoms with van der Waals surface area (Å²) >= 11 is 1.56. The van der Waals surface area contributed by atoms with Crippen LogP contribution in [0.2, 0.25) is 0 Å². The van der Waals surface area contributed by atoms with Gasteiger partial charge in [0.1, 0.15) is 16.5 Å². The molecule has 0 saturated carbocycles. The molecule has 18 heavy (non-hydrogen) atoms.